The standard InChI is InChI=1S/C14H7F6NO2/c15-13(16,17)10-3-1-2-8(6-10)9-4-5-11(14(18,19)20)12(7-9)21(22)23/h1-7H. The Hall–Kier alpha value is -2.58. The molecular formula is C14H7F6NO2. The molecule has 2 rings (SSSR count). The Bertz CT molecular complexity index is 752. The monoisotopic (exact) mass is 335 g/mol. The van der Waals surface area contributed by atoms with E-state index < -0.39 is 34.1 Å². The van der Waals surface area contributed by atoms with Gasteiger partial charge in [0, 0.05) is 6.07 Å². The number of alkyl halides is 6. The summed E-state index contributed by atoms with van der Waals surface area (Å²) in [4.78, 5) is 9.58. The van der Waals surface area contributed by atoms with Gasteiger partial charge < -0.3 is 0 Å². The predicted molar refractivity (Wildman–Crippen MR) is 68.5 cm³/mol. The molecule has 122 valence electrons. The van der Waals surface area contributed by atoms with Gasteiger partial charge in [-0.15, -0.1) is 0 Å². The van der Waals surface area contributed by atoms with Crippen LogP contribution in [0, 0.1) is 10.1 Å². The molecule has 0 atom stereocenters. The van der Waals surface area contributed by atoms with Crippen molar-refractivity contribution in [2.75, 3.05) is 0 Å². The molecule has 0 saturated heterocycles. The Morgan fingerprint density at radius 1 is 0.826 bits per heavy atom. The Morgan fingerprint density at radius 2 is 1.43 bits per heavy atom. The van der Waals surface area contributed by atoms with E-state index in [9.17, 15) is 36.5 Å². The molecule has 0 bridgehead atoms. The number of benzene rings is 2. The summed E-state index contributed by atoms with van der Waals surface area (Å²) in [6.45, 7) is 0. The van der Waals surface area contributed by atoms with Crippen LogP contribution >= 0.6 is 0 Å². The van der Waals surface area contributed by atoms with Gasteiger partial charge in [0.05, 0.1) is 10.5 Å². The molecule has 0 radical (unpaired) electrons. The van der Waals surface area contributed by atoms with E-state index in [0.717, 1.165) is 18.2 Å². The molecule has 0 aliphatic carbocycles. The van der Waals surface area contributed by atoms with Crippen molar-refractivity contribution in [1.82, 2.24) is 0 Å². The minimum absolute atomic E-state index is 0.0725. The predicted octanol–water partition coefficient (Wildman–Crippen LogP) is 5.30. The average molecular weight is 335 g/mol. The molecule has 0 N–H and O–H groups in total. The first-order chi connectivity index (χ1) is 10.5. The van der Waals surface area contributed by atoms with Crippen molar-refractivity contribution in [3.63, 3.8) is 0 Å². The molecule has 2 aromatic rings. The zero-order chi connectivity index (χ0) is 17.4. The normalized spacial score (nSPS) is 12.3. The van der Waals surface area contributed by atoms with Gasteiger partial charge in [-0.05, 0) is 29.3 Å². The third-order valence-electron chi connectivity index (χ3n) is 3.02. The van der Waals surface area contributed by atoms with E-state index in [4.69, 9.17) is 0 Å². The van der Waals surface area contributed by atoms with Gasteiger partial charge in [-0.2, -0.15) is 26.3 Å². The number of rotatable bonds is 2. The molecule has 23 heavy (non-hydrogen) atoms. The highest BCUT2D eigenvalue weighted by Gasteiger charge is 2.38. The summed E-state index contributed by atoms with van der Waals surface area (Å²) >= 11 is 0. The molecule has 0 unspecified atom stereocenters. The van der Waals surface area contributed by atoms with Crippen LogP contribution in [0.15, 0.2) is 42.5 Å². The minimum Gasteiger partial charge on any atom is -0.258 e. The van der Waals surface area contributed by atoms with Crippen LogP contribution in [-0.4, -0.2) is 4.92 Å². The second-order valence-corrected chi connectivity index (χ2v) is 4.57. The van der Waals surface area contributed by atoms with Crippen molar-refractivity contribution in [3.05, 3.63) is 63.7 Å². The first kappa shape index (κ1) is 16.8. The summed E-state index contributed by atoms with van der Waals surface area (Å²) in [6, 6.07) is 5.79. The topological polar surface area (TPSA) is 43.1 Å². The molecule has 0 spiro atoms. The van der Waals surface area contributed by atoms with Crippen molar-refractivity contribution in [1.29, 1.82) is 0 Å². The summed E-state index contributed by atoms with van der Waals surface area (Å²) in [5.74, 6) is 0. The third-order valence-corrected chi connectivity index (χ3v) is 3.02. The second-order valence-electron chi connectivity index (χ2n) is 4.57. The van der Waals surface area contributed by atoms with Crippen LogP contribution in [0.5, 0.6) is 0 Å². The highest BCUT2D eigenvalue weighted by atomic mass is 19.4. The van der Waals surface area contributed by atoms with Crippen LogP contribution in [0.1, 0.15) is 11.1 Å². The molecule has 0 fully saturated rings. The van der Waals surface area contributed by atoms with Crippen LogP contribution in [0.4, 0.5) is 32.0 Å². The number of halogens is 6. The zero-order valence-corrected chi connectivity index (χ0v) is 11.1. The maximum Gasteiger partial charge on any atom is 0.422 e. The van der Waals surface area contributed by atoms with Crippen LogP contribution in [0.25, 0.3) is 11.1 Å². The summed E-state index contributed by atoms with van der Waals surface area (Å²) in [7, 11) is 0. The smallest absolute Gasteiger partial charge is 0.258 e. The summed E-state index contributed by atoms with van der Waals surface area (Å²) in [5, 5.41) is 10.8. The van der Waals surface area contributed by atoms with Crippen molar-refractivity contribution in [3.8, 4) is 11.1 Å². The van der Waals surface area contributed by atoms with Gasteiger partial charge in [0.2, 0.25) is 0 Å². The minimum atomic E-state index is -4.94. The quantitative estimate of drug-likeness (QED) is 0.425. The van der Waals surface area contributed by atoms with Crippen molar-refractivity contribution < 1.29 is 31.3 Å². The SMILES string of the molecule is O=[N+]([O-])c1cc(-c2cccc(C(F)(F)F)c2)ccc1C(F)(F)F. The number of nitrogens with zero attached hydrogens (tertiary/aromatic N) is 1. The summed E-state index contributed by atoms with van der Waals surface area (Å²) in [6.07, 6.45) is -9.57. The first-order valence-corrected chi connectivity index (χ1v) is 6.03. The third kappa shape index (κ3) is 3.61. The fourth-order valence-electron chi connectivity index (χ4n) is 1.98. The first-order valence-electron chi connectivity index (χ1n) is 6.03. The largest absolute Gasteiger partial charge is 0.422 e. The molecule has 0 saturated carbocycles. The average Bonchev–Trinajstić information content (AvgIpc) is 2.45. The molecule has 2 aromatic carbocycles. The zero-order valence-electron chi connectivity index (χ0n) is 11.1. The number of nitro groups is 1. The van der Waals surface area contributed by atoms with Crippen LogP contribution in [0.3, 0.4) is 0 Å². The molecule has 9 heteroatoms. The molecule has 3 nitrogen and oxygen atoms in total. The van der Waals surface area contributed by atoms with E-state index in [-0.39, 0.29) is 11.1 Å². The Labute approximate surface area is 125 Å². The van der Waals surface area contributed by atoms with Crippen molar-refractivity contribution in [2.24, 2.45) is 0 Å². The van der Waals surface area contributed by atoms with Crippen molar-refractivity contribution >= 4 is 5.69 Å². The fraction of sp³-hybridized carbons (Fsp3) is 0.143. The van der Waals surface area contributed by atoms with E-state index >= 15 is 0 Å². The highest BCUT2D eigenvalue weighted by molar-refractivity contribution is 5.68. The molecule has 0 aliphatic heterocycles. The van der Waals surface area contributed by atoms with Gasteiger partial charge in [0.25, 0.3) is 5.69 Å². The molecule has 0 aliphatic rings. The van der Waals surface area contributed by atoms with Gasteiger partial charge in [-0.25, -0.2) is 0 Å². The van der Waals surface area contributed by atoms with Gasteiger partial charge >= 0.3 is 12.4 Å². The van der Waals surface area contributed by atoms with Gasteiger partial charge in [-0.1, -0.05) is 18.2 Å². The lowest BCUT2D eigenvalue weighted by Gasteiger charge is -2.11. The van der Waals surface area contributed by atoms with Crippen LogP contribution in [0.2, 0.25) is 0 Å². The fourth-order valence-corrected chi connectivity index (χ4v) is 1.98. The number of nitro benzene ring substituents is 1. The molecule has 0 heterocycles. The Kier molecular flexibility index (Phi) is 4.06. The summed E-state index contributed by atoms with van der Waals surface area (Å²) < 4.78 is 76.1. The van der Waals surface area contributed by atoms with E-state index in [0.29, 0.717) is 18.2 Å². The van der Waals surface area contributed by atoms with E-state index in [1.807, 2.05) is 0 Å². The van der Waals surface area contributed by atoms with Gasteiger partial charge in [0.1, 0.15) is 5.56 Å². The maximum absolute atomic E-state index is 12.7. The lowest BCUT2D eigenvalue weighted by molar-refractivity contribution is -0.388. The van der Waals surface area contributed by atoms with E-state index in [1.54, 1.807) is 0 Å². The van der Waals surface area contributed by atoms with E-state index in [2.05, 4.69) is 0 Å². The lowest BCUT2D eigenvalue weighted by Crippen LogP contribution is -2.09. The lowest BCUT2D eigenvalue weighted by atomic mass is 10.00. The molecule has 0 amide bonds. The van der Waals surface area contributed by atoms with Crippen LogP contribution in [-0.2, 0) is 12.4 Å². The second kappa shape index (κ2) is 5.56. The number of hydrogen-bond acceptors (Lipinski definition) is 2. The van der Waals surface area contributed by atoms with E-state index in [1.165, 1.54) is 6.07 Å². The maximum atomic E-state index is 12.7. The number of hydrogen-bond donors (Lipinski definition) is 0. The summed E-state index contributed by atoms with van der Waals surface area (Å²) in [5.41, 5.74) is -3.87. The Morgan fingerprint density at radius 3 is 1.96 bits per heavy atom. The van der Waals surface area contributed by atoms with Crippen molar-refractivity contribution in [2.45, 2.75) is 12.4 Å². The van der Waals surface area contributed by atoms with Gasteiger partial charge in [-0.3, -0.25) is 10.1 Å². The molecular weight excluding hydrogens is 328 g/mol. The molecule has 0 aromatic heterocycles. The van der Waals surface area contributed by atoms with Crippen LogP contribution < -0.4 is 0 Å². The van der Waals surface area contributed by atoms with Gasteiger partial charge in [0.15, 0.2) is 0 Å². The highest BCUT2D eigenvalue weighted by Crippen LogP contribution is 2.39. The Balaban J connectivity index is 2.58.